The maximum absolute atomic E-state index is 12.6. The van der Waals surface area contributed by atoms with Gasteiger partial charge in [-0.05, 0) is 64.1 Å². The van der Waals surface area contributed by atoms with Crippen molar-refractivity contribution < 1.29 is 52.8 Å². The fraction of sp³-hybridized carbons (Fsp3) is 0.267. The Balaban J connectivity index is 0.000000266. The summed E-state index contributed by atoms with van der Waals surface area (Å²) in [5.74, 6) is -2.03. The zero-order chi connectivity index (χ0) is 37.1. The van der Waals surface area contributed by atoms with Gasteiger partial charge in [-0.25, -0.2) is 26.8 Å². The van der Waals surface area contributed by atoms with Crippen LogP contribution in [0.3, 0.4) is 0 Å². The van der Waals surface area contributed by atoms with Crippen LogP contribution in [0, 0.1) is 0 Å². The highest BCUT2D eigenvalue weighted by Gasteiger charge is 2.44. The van der Waals surface area contributed by atoms with Crippen LogP contribution in [0.4, 0.5) is 37.3 Å². The molecule has 0 aliphatic rings. The number of aromatic nitrogens is 2. The normalized spacial score (nSPS) is 12.8. The number of sulfone groups is 2. The lowest BCUT2D eigenvalue weighted by molar-refractivity contribution is -0.140. The average molecular weight is 751 g/mol. The van der Waals surface area contributed by atoms with Crippen molar-refractivity contribution in [3.8, 4) is 0 Å². The second kappa shape index (κ2) is 14.2. The van der Waals surface area contributed by atoms with Crippen LogP contribution in [0.2, 0.25) is 0 Å². The van der Waals surface area contributed by atoms with E-state index < -0.39 is 64.6 Å². The van der Waals surface area contributed by atoms with Crippen molar-refractivity contribution in [2.45, 2.75) is 59.3 Å². The van der Waals surface area contributed by atoms with Crippen LogP contribution in [-0.2, 0) is 41.6 Å². The van der Waals surface area contributed by atoms with E-state index in [4.69, 9.17) is 0 Å². The second-order valence-electron chi connectivity index (χ2n) is 11.0. The summed E-state index contributed by atoms with van der Waals surface area (Å²) in [6, 6.07) is 16.5. The third kappa shape index (κ3) is 8.82. The largest absolute Gasteiger partial charge is 0.434 e. The maximum Gasteiger partial charge on any atom is 0.434 e. The minimum Gasteiger partial charge on any atom is -0.309 e. The van der Waals surface area contributed by atoms with E-state index in [1.807, 2.05) is 0 Å². The van der Waals surface area contributed by atoms with E-state index in [1.54, 1.807) is 12.1 Å². The molecule has 2 aromatic heterocycles. The molecule has 2 heterocycles. The third-order valence-corrected chi connectivity index (χ3v) is 12.5. The molecule has 0 saturated heterocycles. The van der Waals surface area contributed by atoms with Crippen LogP contribution in [0.15, 0.2) is 94.2 Å². The van der Waals surface area contributed by atoms with Gasteiger partial charge in [-0.2, -0.15) is 26.3 Å². The molecule has 0 radical (unpaired) electrons. The van der Waals surface area contributed by atoms with Crippen LogP contribution in [-0.4, -0.2) is 48.1 Å². The lowest BCUT2D eigenvalue weighted by Gasteiger charge is -2.23. The fourth-order valence-electron chi connectivity index (χ4n) is 3.64. The smallest absolute Gasteiger partial charge is 0.309 e. The van der Waals surface area contributed by atoms with E-state index in [0.29, 0.717) is 17.5 Å². The Bertz CT molecular complexity index is 2000. The molecule has 0 fully saturated rings. The third-order valence-electron chi connectivity index (χ3n) is 6.89. The fourth-order valence-corrected chi connectivity index (χ4v) is 7.16. The molecule has 4 rings (SSSR count). The summed E-state index contributed by atoms with van der Waals surface area (Å²) < 4.78 is 122. The number of anilines is 2. The Morgan fingerprint density at radius 1 is 0.653 bits per heavy atom. The molecule has 0 unspecified atom stereocenters. The summed E-state index contributed by atoms with van der Waals surface area (Å²) in [6.45, 7) is 4.80. The molecule has 4 aromatic rings. The number of hydrogen-bond acceptors (Lipinski definition) is 9. The van der Waals surface area contributed by atoms with Gasteiger partial charge in [-0.3, -0.25) is 9.59 Å². The monoisotopic (exact) mass is 750 g/mol. The van der Waals surface area contributed by atoms with Crippen LogP contribution in [0.1, 0.15) is 39.0 Å². The number of halogens is 6. The Labute approximate surface area is 281 Å². The van der Waals surface area contributed by atoms with Gasteiger partial charge in [0, 0.05) is 11.6 Å². The molecule has 0 aliphatic heterocycles. The van der Waals surface area contributed by atoms with Crippen LogP contribution < -0.4 is 10.6 Å². The molecule has 2 N–H and O–H groups in total. The van der Waals surface area contributed by atoms with Gasteiger partial charge in [0.15, 0.2) is 30.5 Å². The molecule has 0 aliphatic carbocycles. The number of benzene rings is 2. The van der Waals surface area contributed by atoms with E-state index in [2.05, 4.69) is 20.6 Å². The summed E-state index contributed by atoms with van der Waals surface area (Å²) in [5, 5.41) is 4.81. The Kier molecular flexibility index (Phi) is 11.4. The van der Waals surface area contributed by atoms with E-state index in [0.717, 1.165) is 17.5 Å². The molecule has 2 amide bonds. The van der Waals surface area contributed by atoms with Crippen molar-refractivity contribution >= 4 is 53.8 Å². The molecular weight excluding hydrogens is 723 g/mol. The second-order valence-corrected chi connectivity index (χ2v) is 16.9. The first-order valence-corrected chi connectivity index (χ1v) is 17.5. The highest BCUT2D eigenvalue weighted by atomic mass is 32.2. The average Bonchev–Trinajstić information content (AvgIpc) is 3.51. The minimum absolute atomic E-state index is 0.0319. The summed E-state index contributed by atoms with van der Waals surface area (Å²) in [7, 11) is -8.05. The maximum atomic E-state index is 12.6. The van der Waals surface area contributed by atoms with Gasteiger partial charge in [0.05, 0.1) is 15.4 Å². The Hall–Kier alpha value is -4.36. The number of hydrogen-bond donors (Lipinski definition) is 2. The number of nitrogens with zero attached hydrogens (tertiary/aromatic N) is 2. The van der Waals surface area contributed by atoms with E-state index >= 15 is 0 Å². The molecular formula is C30H28F6N4O6S3. The number of rotatable bonds is 8. The number of carbonyl (C=O) groups excluding carboxylic acids is 2. The molecule has 264 valence electrons. The van der Waals surface area contributed by atoms with Gasteiger partial charge in [0.1, 0.15) is 15.3 Å². The molecule has 0 bridgehead atoms. The molecule has 2 aromatic carbocycles. The van der Waals surface area contributed by atoms with Crippen LogP contribution >= 0.6 is 11.3 Å². The van der Waals surface area contributed by atoms with Crippen molar-refractivity contribution in [2.24, 2.45) is 0 Å². The predicted molar refractivity (Wildman–Crippen MR) is 169 cm³/mol. The van der Waals surface area contributed by atoms with Gasteiger partial charge in [0.2, 0.25) is 11.8 Å². The lowest BCUT2D eigenvalue weighted by atomic mass is 10.2. The molecule has 19 heteroatoms. The van der Waals surface area contributed by atoms with Gasteiger partial charge >= 0.3 is 12.4 Å². The van der Waals surface area contributed by atoms with Crippen molar-refractivity contribution in [2.75, 3.05) is 10.6 Å². The first-order valence-electron chi connectivity index (χ1n) is 13.7. The lowest BCUT2D eigenvalue weighted by Crippen LogP contribution is -2.44. The first kappa shape index (κ1) is 39.1. The van der Waals surface area contributed by atoms with Gasteiger partial charge in [-0.15, -0.1) is 11.3 Å². The molecule has 0 atom stereocenters. The van der Waals surface area contributed by atoms with Crippen molar-refractivity contribution in [3.05, 3.63) is 95.6 Å². The SMILES string of the molecule is CC(C)(C(=O)Nc1ccc(C(F)(F)F)cn1)S(=O)(=O)c1ccccc1.CC(C)(C(=O)Nc1nc(C(F)(F)F)cs1)S(=O)(=O)c1ccccc1. The highest BCUT2D eigenvalue weighted by Crippen LogP contribution is 2.33. The van der Waals surface area contributed by atoms with Gasteiger partial charge in [-0.1, -0.05) is 36.4 Å². The number of alkyl halides is 6. The summed E-state index contributed by atoms with van der Waals surface area (Å²) in [5.41, 5.74) is -2.12. The first-order chi connectivity index (χ1) is 22.4. The molecule has 0 saturated carbocycles. The highest BCUT2D eigenvalue weighted by molar-refractivity contribution is 7.94. The Morgan fingerprint density at radius 2 is 1.10 bits per heavy atom. The van der Waals surface area contributed by atoms with E-state index in [-0.39, 0.29) is 20.7 Å². The minimum atomic E-state index is -4.63. The van der Waals surface area contributed by atoms with Crippen LogP contribution in [0.25, 0.3) is 0 Å². The van der Waals surface area contributed by atoms with Crippen molar-refractivity contribution in [3.63, 3.8) is 0 Å². The zero-order valence-electron chi connectivity index (χ0n) is 25.9. The standard InChI is InChI=1S/C16H15F3N2O3S.C14H13F3N2O3S2/c1-15(2,25(23,24)12-6-4-3-5-7-12)14(22)21-13-9-8-11(10-20-13)16(17,18)19;1-13(2,24(21,22)9-6-4-3-5-7-9)11(20)19-12-18-10(8-23-12)14(15,16)17/h3-10H,1-2H3,(H,20,21,22);3-8H,1-2H3,(H,18,19,20). The van der Waals surface area contributed by atoms with Gasteiger partial charge in [0.25, 0.3) is 0 Å². The summed E-state index contributed by atoms with van der Waals surface area (Å²) in [4.78, 5) is 31.4. The number of amides is 2. The molecule has 0 spiro atoms. The number of thiazole rings is 1. The van der Waals surface area contributed by atoms with E-state index in [1.165, 1.54) is 76.2 Å². The quantitative estimate of drug-likeness (QED) is 0.190. The number of nitrogens with one attached hydrogen (secondary N) is 2. The van der Waals surface area contributed by atoms with E-state index in [9.17, 15) is 52.8 Å². The van der Waals surface area contributed by atoms with Gasteiger partial charge < -0.3 is 10.6 Å². The van der Waals surface area contributed by atoms with Crippen molar-refractivity contribution in [1.29, 1.82) is 0 Å². The summed E-state index contributed by atoms with van der Waals surface area (Å²) in [6.07, 6.45) is -8.62. The zero-order valence-corrected chi connectivity index (χ0v) is 28.4. The van der Waals surface area contributed by atoms with Crippen molar-refractivity contribution in [1.82, 2.24) is 9.97 Å². The molecule has 10 nitrogen and oxygen atoms in total. The predicted octanol–water partition coefficient (Wildman–Crippen LogP) is 6.64. The number of pyridine rings is 1. The summed E-state index contributed by atoms with van der Waals surface area (Å²) >= 11 is 0.569. The number of carbonyl (C=O) groups is 2. The van der Waals surface area contributed by atoms with Crippen LogP contribution in [0.5, 0.6) is 0 Å². The molecule has 49 heavy (non-hydrogen) atoms. The topological polar surface area (TPSA) is 152 Å². The Morgan fingerprint density at radius 3 is 1.47 bits per heavy atom.